The molecule has 0 unspecified atom stereocenters. The van der Waals surface area contributed by atoms with Crippen molar-refractivity contribution in [2.75, 3.05) is 46.4 Å². The first-order chi connectivity index (χ1) is 17.0. The van der Waals surface area contributed by atoms with Crippen molar-refractivity contribution in [2.24, 2.45) is 7.05 Å². The van der Waals surface area contributed by atoms with Crippen LogP contribution in [0, 0.1) is 0 Å². The van der Waals surface area contributed by atoms with Gasteiger partial charge in [0, 0.05) is 52.5 Å². The summed E-state index contributed by atoms with van der Waals surface area (Å²) in [4.78, 5) is 29.6. The van der Waals surface area contributed by atoms with Crippen molar-refractivity contribution in [3.05, 3.63) is 83.6 Å². The lowest BCUT2D eigenvalue weighted by molar-refractivity contribution is 0.0636. The molecule has 0 radical (unpaired) electrons. The number of benzene rings is 2. The fraction of sp³-hybridized carbons (Fsp3) is 0.346. The summed E-state index contributed by atoms with van der Waals surface area (Å²) in [6.45, 7) is 3.96. The van der Waals surface area contributed by atoms with Gasteiger partial charge in [-0.1, -0.05) is 60.7 Å². The standard InChI is InChI=1S/C26H32N6O3/c1-30-19-22(24(29-30)35-2)25(33)32-17-15-31(16-18-32)14-13-27-26(34)28-23(20-9-5-3-6-10-20)21-11-7-4-8-12-21/h3-12,19,23H,13-18H2,1-2H3,(H2,27,28,34). The van der Waals surface area contributed by atoms with Crippen LogP contribution in [0.25, 0.3) is 0 Å². The lowest BCUT2D eigenvalue weighted by atomic mass is 9.99. The molecule has 9 nitrogen and oxygen atoms in total. The summed E-state index contributed by atoms with van der Waals surface area (Å²) in [6, 6.07) is 19.4. The number of carbonyl (C=O) groups excluding carboxylic acids is 2. The van der Waals surface area contributed by atoms with Gasteiger partial charge in [-0.3, -0.25) is 14.4 Å². The quantitative estimate of drug-likeness (QED) is 0.521. The summed E-state index contributed by atoms with van der Waals surface area (Å²) < 4.78 is 6.81. The second kappa shape index (κ2) is 11.5. The van der Waals surface area contributed by atoms with Gasteiger partial charge < -0.3 is 20.3 Å². The van der Waals surface area contributed by atoms with Crippen LogP contribution in [0.4, 0.5) is 4.79 Å². The number of aryl methyl sites for hydroxylation is 1. The fourth-order valence-electron chi connectivity index (χ4n) is 4.27. The van der Waals surface area contributed by atoms with Gasteiger partial charge in [-0.2, -0.15) is 0 Å². The third-order valence-corrected chi connectivity index (χ3v) is 6.13. The van der Waals surface area contributed by atoms with E-state index in [1.165, 1.54) is 7.11 Å². The third kappa shape index (κ3) is 6.19. The molecule has 3 amide bonds. The molecule has 0 spiro atoms. The van der Waals surface area contributed by atoms with Gasteiger partial charge in [-0.05, 0) is 11.1 Å². The maximum atomic E-state index is 12.8. The molecule has 0 atom stereocenters. The van der Waals surface area contributed by atoms with E-state index in [0.717, 1.165) is 24.2 Å². The Kier molecular flexibility index (Phi) is 7.99. The number of nitrogens with one attached hydrogen (secondary N) is 2. The molecule has 184 valence electrons. The highest BCUT2D eigenvalue weighted by Crippen LogP contribution is 2.21. The lowest BCUT2D eigenvalue weighted by Gasteiger charge is -2.34. The Morgan fingerprint density at radius 1 is 0.971 bits per heavy atom. The van der Waals surface area contributed by atoms with Crippen molar-refractivity contribution in [1.29, 1.82) is 0 Å². The number of nitrogens with zero attached hydrogens (tertiary/aromatic N) is 4. The van der Waals surface area contributed by atoms with E-state index >= 15 is 0 Å². The van der Waals surface area contributed by atoms with E-state index in [0.29, 0.717) is 37.6 Å². The molecule has 3 aromatic rings. The largest absolute Gasteiger partial charge is 0.479 e. The van der Waals surface area contributed by atoms with Crippen LogP contribution < -0.4 is 15.4 Å². The van der Waals surface area contributed by atoms with Crippen LogP contribution in [-0.2, 0) is 7.05 Å². The Morgan fingerprint density at radius 2 is 1.57 bits per heavy atom. The van der Waals surface area contributed by atoms with Crippen LogP contribution in [0.5, 0.6) is 5.88 Å². The van der Waals surface area contributed by atoms with E-state index in [1.807, 2.05) is 65.6 Å². The minimum absolute atomic E-state index is 0.0695. The highest BCUT2D eigenvalue weighted by atomic mass is 16.5. The molecule has 1 aromatic heterocycles. The summed E-state index contributed by atoms with van der Waals surface area (Å²) in [7, 11) is 3.28. The Labute approximate surface area is 205 Å². The second-order valence-corrected chi connectivity index (χ2v) is 8.51. The second-order valence-electron chi connectivity index (χ2n) is 8.51. The number of urea groups is 1. The maximum Gasteiger partial charge on any atom is 0.315 e. The molecule has 1 saturated heterocycles. The van der Waals surface area contributed by atoms with E-state index in [-0.39, 0.29) is 18.0 Å². The number of carbonyl (C=O) groups is 2. The van der Waals surface area contributed by atoms with Crippen LogP contribution >= 0.6 is 0 Å². The fourth-order valence-corrected chi connectivity index (χ4v) is 4.27. The van der Waals surface area contributed by atoms with E-state index in [2.05, 4.69) is 20.6 Å². The van der Waals surface area contributed by atoms with E-state index in [9.17, 15) is 9.59 Å². The summed E-state index contributed by atoms with van der Waals surface area (Å²) in [5.41, 5.74) is 2.54. The highest BCUT2D eigenvalue weighted by Gasteiger charge is 2.26. The smallest absolute Gasteiger partial charge is 0.315 e. The minimum atomic E-state index is -0.226. The van der Waals surface area contributed by atoms with Crippen LogP contribution in [0.1, 0.15) is 27.5 Å². The van der Waals surface area contributed by atoms with E-state index < -0.39 is 0 Å². The van der Waals surface area contributed by atoms with Crippen LogP contribution in [-0.4, -0.2) is 77.9 Å². The molecule has 0 bridgehead atoms. The molecule has 1 fully saturated rings. The average molecular weight is 477 g/mol. The number of aromatic nitrogens is 2. The molecule has 1 aliphatic rings. The number of hydrogen-bond acceptors (Lipinski definition) is 5. The van der Waals surface area contributed by atoms with E-state index in [4.69, 9.17) is 4.74 Å². The molecule has 0 saturated carbocycles. The monoisotopic (exact) mass is 476 g/mol. The molecular weight excluding hydrogens is 444 g/mol. The van der Waals surface area contributed by atoms with Gasteiger partial charge in [0.1, 0.15) is 5.56 Å². The zero-order valence-corrected chi connectivity index (χ0v) is 20.2. The Hall–Kier alpha value is -3.85. The van der Waals surface area contributed by atoms with Gasteiger partial charge in [0.05, 0.1) is 13.2 Å². The van der Waals surface area contributed by atoms with Crippen LogP contribution in [0.15, 0.2) is 66.9 Å². The first-order valence-electron chi connectivity index (χ1n) is 11.8. The van der Waals surface area contributed by atoms with Crippen molar-refractivity contribution in [3.8, 4) is 5.88 Å². The molecule has 0 aliphatic carbocycles. The van der Waals surface area contributed by atoms with Crippen LogP contribution in [0.2, 0.25) is 0 Å². The number of ether oxygens (including phenoxy) is 1. The number of hydrogen-bond donors (Lipinski definition) is 2. The van der Waals surface area contributed by atoms with Crippen molar-refractivity contribution in [2.45, 2.75) is 6.04 Å². The van der Waals surface area contributed by atoms with Gasteiger partial charge in [0.25, 0.3) is 5.91 Å². The number of rotatable bonds is 8. The summed E-state index contributed by atoms with van der Waals surface area (Å²) in [5, 5.41) is 10.2. The molecule has 4 rings (SSSR count). The summed E-state index contributed by atoms with van der Waals surface area (Å²) in [5.74, 6) is 0.277. The van der Waals surface area contributed by atoms with Crippen molar-refractivity contribution in [3.63, 3.8) is 0 Å². The predicted molar refractivity (Wildman–Crippen MR) is 133 cm³/mol. The predicted octanol–water partition coefficient (Wildman–Crippen LogP) is 2.28. The lowest BCUT2D eigenvalue weighted by Crippen LogP contribution is -2.50. The van der Waals surface area contributed by atoms with Gasteiger partial charge >= 0.3 is 6.03 Å². The Bertz CT molecular complexity index is 1070. The van der Waals surface area contributed by atoms with Gasteiger partial charge in [0.2, 0.25) is 5.88 Å². The average Bonchev–Trinajstić information content (AvgIpc) is 3.29. The van der Waals surface area contributed by atoms with Crippen molar-refractivity contribution >= 4 is 11.9 Å². The Balaban J connectivity index is 1.24. The zero-order valence-electron chi connectivity index (χ0n) is 20.2. The van der Waals surface area contributed by atoms with Gasteiger partial charge in [0.15, 0.2) is 0 Å². The summed E-state index contributed by atoms with van der Waals surface area (Å²) >= 11 is 0. The van der Waals surface area contributed by atoms with Crippen molar-refractivity contribution < 1.29 is 14.3 Å². The van der Waals surface area contributed by atoms with Gasteiger partial charge in [-0.15, -0.1) is 5.10 Å². The maximum absolute atomic E-state index is 12.8. The molecule has 2 N–H and O–H groups in total. The molecule has 2 aromatic carbocycles. The first-order valence-corrected chi connectivity index (χ1v) is 11.8. The minimum Gasteiger partial charge on any atom is -0.479 e. The zero-order chi connectivity index (χ0) is 24.6. The number of piperazine rings is 1. The molecule has 2 heterocycles. The normalized spacial score (nSPS) is 14.1. The van der Waals surface area contributed by atoms with Crippen molar-refractivity contribution in [1.82, 2.24) is 30.2 Å². The summed E-state index contributed by atoms with van der Waals surface area (Å²) in [6.07, 6.45) is 1.69. The topological polar surface area (TPSA) is 91.7 Å². The van der Waals surface area contributed by atoms with E-state index in [1.54, 1.807) is 17.9 Å². The molecular formula is C26H32N6O3. The van der Waals surface area contributed by atoms with Gasteiger partial charge in [-0.25, -0.2) is 4.79 Å². The first kappa shape index (κ1) is 24.3. The third-order valence-electron chi connectivity index (χ3n) is 6.13. The number of amides is 3. The molecule has 9 heteroatoms. The SMILES string of the molecule is COc1nn(C)cc1C(=O)N1CCN(CCNC(=O)NC(c2ccccc2)c2ccccc2)CC1. The molecule has 35 heavy (non-hydrogen) atoms. The Morgan fingerprint density at radius 3 is 2.14 bits per heavy atom. The number of methoxy groups -OCH3 is 1. The highest BCUT2D eigenvalue weighted by molar-refractivity contribution is 5.96. The molecule has 1 aliphatic heterocycles. The van der Waals surface area contributed by atoms with Crippen LogP contribution in [0.3, 0.4) is 0 Å².